The van der Waals surface area contributed by atoms with Gasteiger partial charge in [0.2, 0.25) is 0 Å². The van der Waals surface area contributed by atoms with Crippen molar-refractivity contribution in [3.63, 3.8) is 0 Å². The van der Waals surface area contributed by atoms with Crippen LogP contribution >= 0.6 is 0 Å². The van der Waals surface area contributed by atoms with E-state index < -0.39 is 0 Å². The van der Waals surface area contributed by atoms with Gasteiger partial charge in [0.1, 0.15) is 0 Å². The Morgan fingerprint density at radius 1 is 1.28 bits per heavy atom. The van der Waals surface area contributed by atoms with Gasteiger partial charge in [0, 0.05) is 25.7 Å². The SMILES string of the molecule is CC1CN(Cc2cccc(CN=C(N)NC3CCCCC3)c2)CCO1. The molecule has 0 aromatic heterocycles. The Kier molecular flexibility index (Phi) is 6.70. The predicted molar refractivity (Wildman–Crippen MR) is 102 cm³/mol. The lowest BCUT2D eigenvalue weighted by molar-refractivity contribution is -0.0212. The number of ether oxygens (including phenoxy) is 1. The molecule has 0 spiro atoms. The summed E-state index contributed by atoms with van der Waals surface area (Å²) in [5.41, 5.74) is 8.62. The number of benzene rings is 1. The highest BCUT2D eigenvalue weighted by Gasteiger charge is 2.16. The van der Waals surface area contributed by atoms with Crippen molar-refractivity contribution in [2.24, 2.45) is 10.7 Å². The van der Waals surface area contributed by atoms with Crippen molar-refractivity contribution < 1.29 is 4.74 Å². The first-order valence-electron chi connectivity index (χ1n) is 9.67. The fourth-order valence-corrected chi connectivity index (χ4v) is 3.80. The maximum atomic E-state index is 6.07. The van der Waals surface area contributed by atoms with Crippen LogP contribution in [0.15, 0.2) is 29.3 Å². The summed E-state index contributed by atoms with van der Waals surface area (Å²) in [5.74, 6) is 0.583. The molecule has 0 radical (unpaired) electrons. The van der Waals surface area contributed by atoms with E-state index in [1.54, 1.807) is 0 Å². The molecule has 5 nitrogen and oxygen atoms in total. The van der Waals surface area contributed by atoms with Crippen molar-refractivity contribution in [1.82, 2.24) is 10.2 Å². The van der Waals surface area contributed by atoms with Crippen LogP contribution in [-0.4, -0.2) is 42.7 Å². The van der Waals surface area contributed by atoms with E-state index in [0.717, 1.165) is 26.2 Å². The molecule has 3 rings (SSSR count). The van der Waals surface area contributed by atoms with E-state index in [2.05, 4.69) is 46.4 Å². The molecule has 3 N–H and O–H groups in total. The van der Waals surface area contributed by atoms with Crippen molar-refractivity contribution in [2.75, 3.05) is 19.7 Å². The molecule has 1 atom stereocenters. The number of aliphatic imine (C=N–C) groups is 1. The van der Waals surface area contributed by atoms with Gasteiger partial charge >= 0.3 is 0 Å². The molecule has 1 heterocycles. The van der Waals surface area contributed by atoms with Crippen LogP contribution < -0.4 is 11.1 Å². The van der Waals surface area contributed by atoms with Gasteiger partial charge in [-0.25, -0.2) is 4.99 Å². The lowest BCUT2D eigenvalue weighted by atomic mass is 9.96. The van der Waals surface area contributed by atoms with Crippen molar-refractivity contribution in [2.45, 2.75) is 64.3 Å². The third kappa shape index (κ3) is 6.01. The largest absolute Gasteiger partial charge is 0.376 e. The zero-order valence-corrected chi connectivity index (χ0v) is 15.4. The molecule has 5 heteroatoms. The quantitative estimate of drug-likeness (QED) is 0.637. The highest BCUT2D eigenvalue weighted by atomic mass is 16.5. The van der Waals surface area contributed by atoms with E-state index in [-0.39, 0.29) is 0 Å². The van der Waals surface area contributed by atoms with Crippen LogP contribution in [0, 0.1) is 0 Å². The number of nitrogens with two attached hydrogens (primary N) is 1. The lowest BCUT2D eigenvalue weighted by Gasteiger charge is -2.31. The van der Waals surface area contributed by atoms with E-state index in [4.69, 9.17) is 10.5 Å². The Morgan fingerprint density at radius 2 is 2.08 bits per heavy atom. The van der Waals surface area contributed by atoms with Gasteiger partial charge in [-0.3, -0.25) is 4.90 Å². The van der Waals surface area contributed by atoms with Crippen LogP contribution in [0.1, 0.15) is 50.2 Å². The molecule has 1 saturated carbocycles. The molecule has 1 aromatic carbocycles. The number of morpholine rings is 1. The summed E-state index contributed by atoms with van der Waals surface area (Å²) in [6.07, 6.45) is 6.70. The maximum Gasteiger partial charge on any atom is 0.189 e. The Morgan fingerprint density at radius 3 is 2.88 bits per heavy atom. The molecule has 1 unspecified atom stereocenters. The highest BCUT2D eigenvalue weighted by molar-refractivity contribution is 5.78. The van der Waals surface area contributed by atoms with Crippen LogP contribution in [0.5, 0.6) is 0 Å². The van der Waals surface area contributed by atoms with Crippen molar-refractivity contribution in [3.8, 4) is 0 Å². The standard InChI is InChI=1S/C20H32N4O/c1-16-14-24(10-11-25-16)15-18-7-5-6-17(12-18)13-22-20(21)23-19-8-3-2-4-9-19/h5-7,12,16,19H,2-4,8-11,13-15H2,1H3,(H3,21,22,23). The lowest BCUT2D eigenvalue weighted by Crippen LogP contribution is -2.41. The van der Waals surface area contributed by atoms with E-state index >= 15 is 0 Å². The monoisotopic (exact) mass is 344 g/mol. The molecule has 2 aliphatic rings. The molecule has 1 aliphatic heterocycles. The van der Waals surface area contributed by atoms with E-state index in [9.17, 15) is 0 Å². The van der Waals surface area contributed by atoms with E-state index in [1.165, 1.54) is 43.2 Å². The Hall–Kier alpha value is -1.59. The normalized spacial score (nSPS) is 23.6. The molecule has 2 fully saturated rings. The summed E-state index contributed by atoms with van der Waals surface area (Å²) >= 11 is 0. The van der Waals surface area contributed by atoms with Crippen LogP contribution in [0.2, 0.25) is 0 Å². The van der Waals surface area contributed by atoms with Gasteiger partial charge in [0.05, 0.1) is 19.3 Å². The van der Waals surface area contributed by atoms with Crippen LogP contribution in [0.3, 0.4) is 0 Å². The second-order valence-corrected chi connectivity index (χ2v) is 7.42. The smallest absolute Gasteiger partial charge is 0.189 e. The van der Waals surface area contributed by atoms with Crippen LogP contribution in [0.4, 0.5) is 0 Å². The third-order valence-corrected chi connectivity index (χ3v) is 5.11. The van der Waals surface area contributed by atoms with E-state index in [1.807, 2.05) is 0 Å². The molecule has 0 amide bonds. The van der Waals surface area contributed by atoms with Gasteiger partial charge in [-0.2, -0.15) is 0 Å². The average molecular weight is 345 g/mol. The van der Waals surface area contributed by atoms with Crippen LogP contribution in [-0.2, 0) is 17.8 Å². The average Bonchev–Trinajstić information content (AvgIpc) is 2.61. The van der Waals surface area contributed by atoms with Crippen molar-refractivity contribution in [1.29, 1.82) is 0 Å². The van der Waals surface area contributed by atoms with Gasteiger partial charge in [-0.15, -0.1) is 0 Å². The molecular weight excluding hydrogens is 312 g/mol. The summed E-state index contributed by atoms with van der Waals surface area (Å²) in [6.45, 7) is 6.58. The number of rotatable bonds is 5. The third-order valence-electron chi connectivity index (χ3n) is 5.11. The van der Waals surface area contributed by atoms with Crippen molar-refractivity contribution in [3.05, 3.63) is 35.4 Å². The number of guanidine groups is 1. The number of nitrogens with one attached hydrogen (secondary N) is 1. The van der Waals surface area contributed by atoms with Gasteiger partial charge < -0.3 is 15.8 Å². The second-order valence-electron chi connectivity index (χ2n) is 7.42. The van der Waals surface area contributed by atoms with Crippen molar-refractivity contribution >= 4 is 5.96 Å². The minimum Gasteiger partial charge on any atom is -0.376 e. The van der Waals surface area contributed by atoms with Gasteiger partial charge in [-0.05, 0) is 30.9 Å². The van der Waals surface area contributed by atoms with Gasteiger partial charge in [-0.1, -0.05) is 43.5 Å². The molecule has 0 bridgehead atoms. The molecule has 25 heavy (non-hydrogen) atoms. The summed E-state index contributed by atoms with van der Waals surface area (Å²) in [5, 5.41) is 3.38. The first-order valence-corrected chi connectivity index (χ1v) is 9.67. The summed E-state index contributed by atoms with van der Waals surface area (Å²) in [4.78, 5) is 6.99. The Balaban J connectivity index is 1.51. The summed E-state index contributed by atoms with van der Waals surface area (Å²) in [6, 6.07) is 9.19. The fraction of sp³-hybridized carbons (Fsp3) is 0.650. The van der Waals surface area contributed by atoms with Crippen LogP contribution in [0.25, 0.3) is 0 Å². The van der Waals surface area contributed by atoms with Gasteiger partial charge in [0.15, 0.2) is 5.96 Å². The molecule has 1 aromatic rings. The zero-order valence-electron chi connectivity index (χ0n) is 15.4. The summed E-state index contributed by atoms with van der Waals surface area (Å²) < 4.78 is 5.62. The summed E-state index contributed by atoms with van der Waals surface area (Å²) in [7, 11) is 0. The maximum absolute atomic E-state index is 6.07. The Labute approximate surface area is 151 Å². The molecule has 1 aliphatic carbocycles. The molecular formula is C20H32N4O. The van der Waals surface area contributed by atoms with Gasteiger partial charge in [0.25, 0.3) is 0 Å². The van der Waals surface area contributed by atoms with E-state index in [0.29, 0.717) is 24.7 Å². The minimum absolute atomic E-state index is 0.326. The first-order chi connectivity index (χ1) is 12.2. The number of hydrogen-bond acceptors (Lipinski definition) is 3. The number of hydrogen-bond donors (Lipinski definition) is 2. The topological polar surface area (TPSA) is 62.9 Å². The second kappa shape index (κ2) is 9.20. The predicted octanol–water partition coefficient (Wildman–Crippen LogP) is 2.64. The fourth-order valence-electron chi connectivity index (χ4n) is 3.80. The molecule has 1 saturated heterocycles. The number of nitrogens with zero attached hydrogens (tertiary/aromatic N) is 2. The first kappa shape index (κ1) is 18.2. The highest BCUT2D eigenvalue weighted by Crippen LogP contribution is 2.17. The minimum atomic E-state index is 0.326. The molecule has 138 valence electrons. The zero-order chi connectivity index (χ0) is 17.5. The Bertz CT molecular complexity index is 569.